The third-order valence-electron chi connectivity index (χ3n) is 4.30. The van der Waals surface area contributed by atoms with Gasteiger partial charge in [-0.2, -0.15) is 0 Å². The Labute approximate surface area is 119 Å². The van der Waals surface area contributed by atoms with E-state index in [0.29, 0.717) is 26.3 Å². The fourth-order valence-electron chi connectivity index (χ4n) is 3.03. The van der Waals surface area contributed by atoms with Crippen LogP contribution in [-0.2, 0) is 14.3 Å². The van der Waals surface area contributed by atoms with Gasteiger partial charge in [-0.3, -0.25) is 9.59 Å². The fourth-order valence-corrected chi connectivity index (χ4v) is 3.03. The maximum atomic E-state index is 12.5. The van der Waals surface area contributed by atoms with Gasteiger partial charge in [0.05, 0.1) is 25.0 Å². The highest BCUT2D eigenvalue weighted by atomic mass is 16.5. The molecular formula is C14H24N2O4. The van der Waals surface area contributed by atoms with Crippen molar-refractivity contribution in [1.82, 2.24) is 10.2 Å². The third-order valence-corrected chi connectivity index (χ3v) is 4.30. The lowest BCUT2D eigenvalue weighted by molar-refractivity contribution is -0.142. The topological polar surface area (TPSA) is 78.9 Å². The number of carboxylic acid groups (broad SMARTS) is 1. The van der Waals surface area contributed by atoms with E-state index in [1.54, 1.807) is 4.90 Å². The predicted molar refractivity (Wildman–Crippen MR) is 73.3 cm³/mol. The number of carbonyl (C=O) groups excluding carboxylic acids is 1. The van der Waals surface area contributed by atoms with Crippen LogP contribution in [0.2, 0.25) is 0 Å². The molecule has 0 bridgehead atoms. The van der Waals surface area contributed by atoms with E-state index in [1.807, 2.05) is 6.92 Å². The van der Waals surface area contributed by atoms with Crippen LogP contribution in [-0.4, -0.2) is 60.8 Å². The average molecular weight is 284 g/mol. The van der Waals surface area contributed by atoms with E-state index in [2.05, 4.69) is 12.2 Å². The van der Waals surface area contributed by atoms with E-state index in [9.17, 15) is 9.59 Å². The summed E-state index contributed by atoms with van der Waals surface area (Å²) in [6.07, 6.45) is 1.01. The summed E-state index contributed by atoms with van der Waals surface area (Å²) in [5.41, 5.74) is 0. The summed E-state index contributed by atoms with van der Waals surface area (Å²) in [7, 11) is 0. The molecule has 6 nitrogen and oxygen atoms in total. The van der Waals surface area contributed by atoms with Crippen molar-refractivity contribution in [3.8, 4) is 0 Å². The first kappa shape index (κ1) is 15.3. The van der Waals surface area contributed by atoms with Gasteiger partial charge in [-0.15, -0.1) is 0 Å². The standard InChI is InChI=1S/C14H24N2O4/c1-3-4-15-12-8-20-7-11(12)13(17)16-5-9(2)10(6-16)14(18)19/h9-12,15H,3-8H2,1-2H3,(H,18,19)/t9-,10-,11?,12?/m1/s1. The zero-order chi connectivity index (χ0) is 14.7. The highest BCUT2D eigenvalue weighted by Crippen LogP contribution is 2.26. The highest BCUT2D eigenvalue weighted by Gasteiger charge is 2.42. The number of carbonyl (C=O) groups is 2. The van der Waals surface area contributed by atoms with Crippen LogP contribution >= 0.6 is 0 Å². The van der Waals surface area contributed by atoms with Crippen LogP contribution in [0.4, 0.5) is 0 Å². The van der Waals surface area contributed by atoms with Crippen LogP contribution < -0.4 is 5.32 Å². The summed E-state index contributed by atoms with van der Waals surface area (Å²) in [6, 6.07) is 0.0571. The number of carboxylic acids is 1. The first-order chi connectivity index (χ1) is 9.54. The summed E-state index contributed by atoms with van der Waals surface area (Å²) in [4.78, 5) is 25.4. The Morgan fingerprint density at radius 2 is 2.05 bits per heavy atom. The zero-order valence-corrected chi connectivity index (χ0v) is 12.2. The molecule has 6 heteroatoms. The molecule has 2 rings (SSSR count). The summed E-state index contributed by atoms with van der Waals surface area (Å²) in [5.74, 6) is -1.38. The van der Waals surface area contributed by atoms with E-state index in [1.165, 1.54) is 0 Å². The molecule has 0 saturated carbocycles. The number of amides is 1. The van der Waals surface area contributed by atoms with Gasteiger partial charge in [0.1, 0.15) is 0 Å². The number of rotatable bonds is 5. The fraction of sp³-hybridized carbons (Fsp3) is 0.857. The highest BCUT2D eigenvalue weighted by molar-refractivity contribution is 5.82. The molecule has 1 amide bonds. The molecule has 2 aliphatic heterocycles. The van der Waals surface area contributed by atoms with Crippen LogP contribution in [0.5, 0.6) is 0 Å². The Morgan fingerprint density at radius 3 is 2.65 bits per heavy atom. The molecular weight excluding hydrogens is 260 g/mol. The van der Waals surface area contributed by atoms with Gasteiger partial charge < -0.3 is 20.1 Å². The van der Waals surface area contributed by atoms with E-state index in [0.717, 1.165) is 13.0 Å². The van der Waals surface area contributed by atoms with Gasteiger partial charge in [-0.25, -0.2) is 0 Å². The van der Waals surface area contributed by atoms with Crippen molar-refractivity contribution in [2.45, 2.75) is 26.3 Å². The predicted octanol–water partition coefficient (Wildman–Crippen LogP) is 0.180. The quantitative estimate of drug-likeness (QED) is 0.753. The number of nitrogens with one attached hydrogen (secondary N) is 1. The second-order valence-corrected chi connectivity index (χ2v) is 5.87. The van der Waals surface area contributed by atoms with E-state index < -0.39 is 11.9 Å². The lowest BCUT2D eigenvalue weighted by Crippen LogP contribution is -2.45. The lowest BCUT2D eigenvalue weighted by atomic mass is 9.99. The van der Waals surface area contributed by atoms with Crippen LogP contribution in [0.1, 0.15) is 20.3 Å². The monoisotopic (exact) mass is 284 g/mol. The second-order valence-electron chi connectivity index (χ2n) is 5.87. The van der Waals surface area contributed by atoms with Crippen LogP contribution in [0.25, 0.3) is 0 Å². The maximum absolute atomic E-state index is 12.5. The Morgan fingerprint density at radius 1 is 1.30 bits per heavy atom. The number of nitrogens with zero attached hydrogens (tertiary/aromatic N) is 1. The van der Waals surface area contributed by atoms with E-state index in [-0.39, 0.29) is 23.8 Å². The number of hydrogen-bond donors (Lipinski definition) is 2. The molecule has 2 fully saturated rings. The number of aliphatic carboxylic acids is 1. The summed E-state index contributed by atoms with van der Waals surface area (Å²) in [6.45, 7) is 6.69. The first-order valence-corrected chi connectivity index (χ1v) is 7.37. The molecule has 0 aliphatic carbocycles. The van der Waals surface area contributed by atoms with Gasteiger partial charge in [-0.1, -0.05) is 13.8 Å². The normalized spacial score (nSPS) is 33.6. The van der Waals surface area contributed by atoms with Crippen LogP contribution in [0.3, 0.4) is 0 Å². The Hall–Kier alpha value is -1.14. The molecule has 2 aliphatic rings. The number of hydrogen-bond acceptors (Lipinski definition) is 4. The summed E-state index contributed by atoms with van der Waals surface area (Å²) in [5, 5.41) is 12.5. The van der Waals surface area contributed by atoms with Gasteiger partial charge >= 0.3 is 5.97 Å². The smallest absolute Gasteiger partial charge is 0.308 e. The number of ether oxygens (including phenoxy) is 1. The Balaban J connectivity index is 1.95. The molecule has 20 heavy (non-hydrogen) atoms. The van der Waals surface area contributed by atoms with Crippen molar-refractivity contribution in [2.75, 3.05) is 32.8 Å². The van der Waals surface area contributed by atoms with Crippen molar-refractivity contribution < 1.29 is 19.4 Å². The zero-order valence-electron chi connectivity index (χ0n) is 12.2. The van der Waals surface area contributed by atoms with Crippen LogP contribution in [0, 0.1) is 17.8 Å². The SMILES string of the molecule is CCCNC1COCC1C(=O)N1C[C@@H](C)[C@H](C(=O)O)C1. The molecule has 2 heterocycles. The minimum atomic E-state index is -0.809. The Kier molecular flexibility index (Phi) is 4.99. The molecule has 0 spiro atoms. The van der Waals surface area contributed by atoms with Crippen LogP contribution in [0.15, 0.2) is 0 Å². The molecule has 0 aromatic carbocycles. The van der Waals surface area contributed by atoms with Gasteiger partial charge in [-0.05, 0) is 18.9 Å². The van der Waals surface area contributed by atoms with Gasteiger partial charge in [0, 0.05) is 19.1 Å². The largest absolute Gasteiger partial charge is 0.481 e. The van der Waals surface area contributed by atoms with Crippen molar-refractivity contribution in [3.63, 3.8) is 0 Å². The number of likely N-dealkylation sites (tertiary alicyclic amines) is 1. The Bertz CT molecular complexity index is 374. The molecule has 2 N–H and O–H groups in total. The van der Waals surface area contributed by atoms with Crippen molar-refractivity contribution >= 4 is 11.9 Å². The molecule has 4 atom stereocenters. The maximum Gasteiger partial charge on any atom is 0.308 e. The van der Waals surface area contributed by atoms with E-state index >= 15 is 0 Å². The van der Waals surface area contributed by atoms with Gasteiger partial charge in [0.2, 0.25) is 5.91 Å². The van der Waals surface area contributed by atoms with Crippen molar-refractivity contribution in [1.29, 1.82) is 0 Å². The first-order valence-electron chi connectivity index (χ1n) is 7.37. The van der Waals surface area contributed by atoms with E-state index in [4.69, 9.17) is 9.84 Å². The molecule has 0 radical (unpaired) electrons. The second kappa shape index (κ2) is 6.54. The van der Waals surface area contributed by atoms with Gasteiger partial charge in [0.25, 0.3) is 0 Å². The minimum absolute atomic E-state index is 0.0147. The third kappa shape index (κ3) is 3.12. The summed E-state index contributed by atoms with van der Waals surface area (Å²) >= 11 is 0. The molecule has 2 saturated heterocycles. The molecule has 114 valence electrons. The average Bonchev–Trinajstić information content (AvgIpc) is 3.01. The minimum Gasteiger partial charge on any atom is -0.481 e. The lowest BCUT2D eigenvalue weighted by Gasteiger charge is -2.24. The van der Waals surface area contributed by atoms with Gasteiger partial charge in [0.15, 0.2) is 0 Å². The summed E-state index contributed by atoms with van der Waals surface area (Å²) < 4.78 is 5.42. The molecule has 0 aromatic rings. The molecule has 0 aromatic heterocycles. The molecule has 2 unspecified atom stereocenters. The van der Waals surface area contributed by atoms with Crippen molar-refractivity contribution in [3.05, 3.63) is 0 Å². The van der Waals surface area contributed by atoms with Crippen molar-refractivity contribution in [2.24, 2.45) is 17.8 Å².